The van der Waals surface area contributed by atoms with Crippen molar-refractivity contribution in [2.24, 2.45) is 5.92 Å². The molecule has 2 amide bonds. The highest BCUT2D eigenvalue weighted by molar-refractivity contribution is 6.01. The molecule has 1 aromatic carbocycles. The van der Waals surface area contributed by atoms with Gasteiger partial charge in [-0.05, 0) is 30.5 Å². The first kappa shape index (κ1) is 12.5. The second-order valence-corrected chi connectivity index (χ2v) is 6.05. The molecule has 4 rings (SSSR count). The summed E-state index contributed by atoms with van der Waals surface area (Å²) in [5.41, 5.74) is 9.62. The molecule has 2 atom stereocenters. The van der Waals surface area contributed by atoms with Crippen LogP contribution in [0.15, 0.2) is 12.1 Å². The third-order valence-electron chi connectivity index (χ3n) is 4.79. The first-order chi connectivity index (χ1) is 10.1. The third kappa shape index (κ3) is 1.86. The molecule has 3 aliphatic rings. The molecule has 2 unspecified atom stereocenters. The molecule has 0 aliphatic carbocycles. The lowest BCUT2D eigenvalue weighted by Crippen LogP contribution is -2.46. The van der Waals surface area contributed by atoms with Crippen LogP contribution >= 0.6 is 0 Å². The van der Waals surface area contributed by atoms with Crippen LogP contribution in [-0.4, -0.2) is 30.9 Å². The Morgan fingerprint density at radius 1 is 1.29 bits per heavy atom. The van der Waals surface area contributed by atoms with Crippen LogP contribution in [0.2, 0.25) is 0 Å². The monoisotopic (exact) mass is 286 g/mol. The van der Waals surface area contributed by atoms with E-state index in [1.165, 1.54) is 0 Å². The van der Waals surface area contributed by atoms with Gasteiger partial charge in [-0.1, -0.05) is 0 Å². The van der Waals surface area contributed by atoms with Gasteiger partial charge >= 0.3 is 0 Å². The van der Waals surface area contributed by atoms with Crippen molar-refractivity contribution in [1.29, 1.82) is 0 Å². The number of nitrogens with two attached hydrogens (primary N) is 1. The van der Waals surface area contributed by atoms with Gasteiger partial charge in [0.1, 0.15) is 0 Å². The summed E-state index contributed by atoms with van der Waals surface area (Å²) in [4.78, 5) is 25.6. The normalized spacial score (nSPS) is 27.1. The van der Waals surface area contributed by atoms with Crippen LogP contribution in [0.25, 0.3) is 0 Å². The number of hydrogen-bond acceptors (Lipinski definition) is 4. The van der Waals surface area contributed by atoms with Gasteiger partial charge in [-0.3, -0.25) is 9.59 Å². The molecule has 6 heteroatoms. The van der Waals surface area contributed by atoms with E-state index in [1.54, 1.807) is 0 Å². The van der Waals surface area contributed by atoms with E-state index in [2.05, 4.69) is 15.5 Å². The molecular formula is C15H18N4O2. The van der Waals surface area contributed by atoms with Gasteiger partial charge in [-0.15, -0.1) is 0 Å². The molecule has 0 spiro atoms. The zero-order valence-corrected chi connectivity index (χ0v) is 11.7. The molecule has 3 aliphatic heterocycles. The molecule has 110 valence electrons. The van der Waals surface area contributed by atoms with Crippen molar-refractivity contribution in [2.45, 2.75) is 25.3 Å². The van der Waals surface area contributed by atoms with Crippen LogP contribution in [-0.2, 0) is 16.0 Å². The molecule has 4 N–H and O–H groups in total. The molecule has 0 radical (unpaired) electrons. The molecule has 0 saturated carbocycles. The van der Waals surface area contributed by atoms with Crippen LogP contribution in [0, 0.1) is 5.92 Å². The molecule has 21 heavy (non-hydrogen) atoms. The fourth-order valence-electron chi connectivity index (χ4n) is 3.78. The number of benzene rings is 1. The van der Waals surface area contributed by atoms with Crippen molar-refractivity contribution in [3.8, 4) is 0 Å². The van der Waals surface area contributed by atoms with E-state index in [0.29, 0.717) is 18.7 Å². The largest absolute Gasteiger partial charge is 0.397 e. The Hall–Kier alpha value is -2.24. The summed E-state index contributed by atoms with van der Waals surface area (Å²) < 4.78 is 0. The maximum atomic E-state index is 11.9. The predicted octanol–water partition coefficient (Wildman–Crippen LogP) is 0.478. The van der Waals surface area contributed by atoms with Crippen LogP contribution in [0.5, 0.6) is 0 Å². The summed E-state index contributed by atoms with van der Waals surface area (Å²) >= 11 is 0. The molecule has 0 aromatic heterocycles. The minimum atomic E-state index is 0.00998. The van der Waals surface area contributed by atoms with Crippen molar-refractivity contribution >= 4 is 28.9 Å². The topological polar surface area (TPSA) is 87.5 Å². The highest BCUT2D eigenvalue weighted by Gasteiger charge is 2.41. The molecule has 3 heterocycles. The molecule has 2 saturated heterocycles. The maximum absolute atomic E-state index is 11.9. The number of carbonyl (C=O) groups excluding carboxylic acids is 2. The Labute approximate surface area is 122 Å². The zero-order chi connectivity index (χ0) is 14.6. The number of amides is 2. The lowest BCUT2D eigenvalue weighted by Gasteiger charge is -2.38. The van der Waals surface area contributed by atoms with Gasteiger partial charge < -0.3 is 21.3 Å². The van der Waals surface area contributed by atoms with E-state index in [-0.39, 0.29) is 23.8 Å². The van der Waals surface area contributed by atoms with Crippen LogP contribution < -0.4 is 21.3 Å². The SMILES string of the molecule is Nc1cc2c(cc1N1CCCC3C(=O)NCC31)NC(=O)C2. The molecule has 0 bridgehead atoms. The number of hydrogen-bond donors (Lipinski definition) is 3. The van der Waals surface area contributed by atoms with E-state index >= 15 is 0 Å². The van der Waals surface area contributed by atoms with E-state index in [1.807, 2.05) is 12.1 Å². The molecule has 6 nitrogen and oxygen atoms in total. The Bertz CT molecular complexity index is 643. The predicted molar refractivity (Wildman–Crippen MR) is 80.1 cm³/mol. The van der Waals surface area contributed by atoms with Crippen molar-refractivity contribution in [3.05, 3.63) is 17.7 Å². The Morgan fingerprint density at radius 3 is 3.00 bits per heavy atom. The second-order valence-electron chi connectivity index (χ2n) is 6.05. The number of nitrogen functional groups attached to an aromatic ring is 1. The minimum absolute atomic E-state index is 0.00998. The number of nitrogens with zero attached hydrogens (tertiary/aromatic N) is 1. The smallest absolute Gasteiger partial charge is 0.228 e. The van der Waals surface area contributed by atoms with E-state index in [0.717, 1.165) is 36.3 Å². The lowest BCUT2D eigenvalue weighted by atomic mass is 9.90. The first-order valence-corrected chi connectivity index (χ1v) is 7.40. The Morgan fingerprint density at radius 2 is 2.14 bits per heavy atom. The number of carbonyl (C=O) groups is 2. The van der Waals surface area contributed by atoms with Crippen LogP contribution in [0.4, 0.5) is 17.1 Å². The lowest BCUT2D eigenvalue weighted by molar-refractivity contribution is -0.123. The van der Waals surface area contributed by atoms with E-state index < -0.39 is 0 Å². The molecule has 1 aromatic rings. The van der Waals surface area contributed by atoms with Gasteiger partial charge in [0.2, 0.25) is 11.8 Å². The molecule has 2 fully saturated rings. The van der Waals surface area contributed by atoms with Gasteiger partial charge in [-0.2, -0.15) is 0 Å². The maximum Gasteiger partial charge on any atom is 0.228 e. The van der Waals surface area contributed by atoms with E-state index in [4.69, 9.17) is 5.73 Å². The number of anilines is 3. The fourth-order valence-corrected chi connectivity index (χ4v) is 3.78. The highest BCUT2D eigenvalue weighted by atomic mass is 16.2. The summed E-state index contributed by atoms with van der Waals surface area (Å²) in [6.07, 6.45) is 2.32. The van der Waals surface area contributed by atoms with Crippen LogP contribution in [0.3, 0.4) is 0 Å². The number of fused-ring (bicyclic) bond motifs is 2. The van der Waals surface area contributed by atoms with Gasteiger partial charge in [-0.25, -0.2) is 0 Å². The fraction of sp³-hybridized carbons (Fsp3) is 0.467. The zero-order valence-electron chi connectivity index (χ0n) is 11.7. The summed E-state index contributed by atoms with van der Waals surface area (Å²) in [5, 5.41) is 5.82. The Balaban J connectivity index is 1.72. The summed E-state index contributed by atoms with van der Waals surface area (Å²) in [7, 11) is 0. The standard InChI is InChI=1S/C15H18N4O2/c16-10-4-8-5-14(20)18-11(8)6-12(10)19-3-1-2-9-13(19)7-17-15(9)21/h4,6,9,13H,1-3,5,7,16H2,(H,17,21)(H,18,20). The summed E-state index contributed by atoms with van der Waals surface area (Å²) in [6.45, 7) is 1.57. The van der Waals surface area contributed by atoms with Gasteiger partial charge in [0.05, 0.1) is 29.8 Å². The van der Waals surface area contributed by atoms with Gasteiger partial charge in [0.25, 0.3) is 0 Å². The molecular weight excluding hydrogens is 268 g/mol. The number of rotatable bonds is 1. The second kappa shape index (κ2) is 4.38. The van der Waals surface area contributed by atoms with Crippen molar-refractivity contribution in [2.75, 3.05) is 29.0 Å². The summed E-state index contributed by atoms with van der Waals surface area (Å²) in [6, 6.07) is 4.01. The number of nitrogens with one attached hydrogen (secondary N) is 2. The van der Waals surface area contributed by atoms with Crippen LogP contribution in [0.1, 0.15) is 18.4 Å². The average molecular weight is 286 g/mol. The van der Waals surface area contributed by atoms with Crippen molar-refractivity contribution < 1.29 is 9.59 Å². The highest BCUT2D eigenvalue weighted by Crippen LogP contribution is 2.38. The first-order valence-electron chi connectivity index (χ1n) is 7.40. The average Bonchev–Trinajstić information content (AvgIpc) is 3.00. The van der Waals surface area contributed by atoms with E-state index in [9.17, 15) is 9.59 Å². The summed E-state index contributed by atoms with van der Waals surface area (Å²) in [5.74, 6) is 0.217. The third-order valence-corrected chi connectivity index (χ3v) is 4.79. The minimum Gasteiger partial charge on any atom is -0.397 e. The Kier molecular flexibility index (Phi) is 2.60. The van der Waals surface area contributed by atoms with Gasteiger partial charge in [0, 0.05) is 18.8 Å². The van der Waals surface area contributed by atoms with Gasteiger partial charge in [0.15, 0.2) is 0 Å². The quantitative estimate of drug-likeness (QED) is 0.655. The van der Waals surface area contributed by atoms with Crippen molar-refractivity contribution in [3.63, 3.8) is 0 Å². The number of piperidine rings is 1. The van der Waals surface area contributed by atoms with Crippen molar-refractivity contribution in [1.82, 2.24) is 5.32 Å².